The van der Waals surface area contributed by atoms with Gasteiger partial charge in [-0.05, 0) is 43.2 Å². The molecule has 7 heteroatoms. The number of aromatic nitrogens is 2. The number of nitriles is 1. The standard InChI is InChI=1S/C21H26N4O2S/c1-13-7-5-6-8-16(13)23-20-15(12-22)19(24-21(25-20)28-4)14-9-10-17(26-2)18(11-14)27-3/h9-11,13,16H,5-8H2,1-4H3,(H,23,24,25). The molecule has 1 aromatic carbocycles. The second-order valence-corrected chi connectivity index (χ2v) is 7.75. The van der Waals surface area contributed by atoms with E-state index < -0.39 is 0 Å². The third-order valence-electron chi connectivity index (χ3n) is 5.27. The first-order valence-electron chi connectivity index (χ1n) is 9.46. The van der Waals surface area contributed by atoms with Crippen molar-refractivity contribution in [3.05, 3.63) is 23.8 Å². The van der Waals surface area contributed by atoms with E-state index in [4.69, 9.17) is 9.47 Å². The van der Waals surface area contributed by atoms with Gasteiger partial charge in [0.1, 0.15) is 17.5 Å². The molecule has 148 valence electrons. The minimum atomic E-state index is 0.323. The fourth-order valence-electron chi connectivity index (χ4n) is 3.64. The molecule has 1 saturated carbocycles. The van der Waals surface area contributed by atoms with Crippen molar-refractivity contribution in [3.8, 4) is 28.8 Å². The van der Waals surface area contributed by atoms with Gasteiger partial charge < -0.3 is 14.8 Å². The normalized spacial score (nSPS) is 19.0. The van der Waals surface area contributed by atoms with Gasteiger partial charge in [0, 0.05) is 11.6 Å². The van der Waals surface area contributed by atoms with Gasteiger partial charge in [0.25, 0.3) is 0 Å². The van der Waals surface area contributed by atoms with E-state index >= 15 is 0 Å². The van der Waals surface area contributed by atoms with Crippen molar-refractivity contribution in [1.82, 2.24) is 9.97 Å². The molecule has 0 bridgehead atoms. The summed E-state index contributed by atoms with van der Waals surface area (Å²) in [7, 11) is 3.19. The monoisotopic (exact) mass is 398 g/mol. The van der Waals surface area contributed by atoms with Crippen LogP contribution in [-0.2, 0) is 0 Å². The first-order valence-corrected chi connectivity index (χ1v) is 10.7. The highest BCUT2D eigenvalue weighted by Crippen LogP contribution is 2.36. The van der Waals surface area contributed by atoms with Crippen molar-refractivity contribution in [2.45, 2.75) is 43.8 Å². The van der Waals surface area contributed by atoms with Crippen molar-refractivity contribution < 1.29 is 9.47 Å². The Balaban J connectivity index is 2.07. The average molecular weight is 399 g/mol. The predicted molar refractivity (Wildman–Crippen MR) is 112 cm³/mol. The Kier molecular flexibility index (Phi) is 6.63. The van der Waals surface area contributed by atoms with Crippen LogP contribution < -0.4 is 14.8 Å². The van der Waals surface area contributed by atoms with E-state index in [0.717, 1.165) is 12.0 Å². The Hall–Kier alpha value is -2.46. The predicted octanol–water partition coefficient (Wildman–Crippen LogP) is 4.74. The summed E-state index contributed by atoms with van der Waals surface area (Å²) in [4.78, 5) is 9.24. The van der Waals surface area contributed by atoms with E-state index in [1.54, 1.807) is 14.2 Å². The molecule has 6 nitrogen and oxygen atoms in total. The Bertz CT molecular complexity index is 881. The summed E-state index contributed by atoms with van der Waals surface area (Å²) in [6.07, 6.45) is 6.69. The molecule has 0 aliphatic heterocycles. The Labute approximate surface area is 170 Å². The average Bonchev–Trinajstić information content (AvgIpc) is 2.74. The molecule has 0 amide bonds. The maximum Gasteiger partial charge on any atom is 0.189 e. The molecular formula is C21H26N4O2S. The van der Waals surface area contributed by atoms with Crippen LogP contribution in [0.25, 0.3) is 11.3 Å². The molecule has 2 aromatic rings. The molecule has 2 atom stereocenters. The molecule has 0 saturated heterocycles. The van der Waals surface area contributed by atoms with Gasteiger partial charge in [0.2, 0.25) is 0 Å². The van der Waals surface area contributed by atoms with E-state index in [-0.39, 0.29) is 0 Å². The smallest absolute Gasteiger partial charge is 0.189 e. The van der Waals surface area contributed by atoms with Crippen LogP contribution in [0, 0.1) is 17.2 Å². The van der Waals surface area contributed by atoms with E-state index in [0.29, 0.717) is 45.7 Å². The topological polar surface area (TPSA) is 80.1 Å². The Morgan fingerprint density at radius 2 is 1.89 bits per heavy atom. The molecule has 3 rings (SSSR count). The number of hydrogen-bond donors (Lipinski definition) is 1. The molecular weight excluding hydrogens is 372 g/mol. The number of ether oxygens (including phenoxy) is 2. The lowest BCUT2D eigenvalue weighted by atomic mass is 9.86. The van der Waals surface area contributed by atoms with Gasteiger partial charge >= 0.3 is 0 Å². The van der Waals surface area contributed by atoms with Crippen LogP contribution in [-0.4, -0.2) is 36.5 Å². The zero-order valence-corrected chi connectivity index (χ0v) is 17.6. The van der Waals surface area contributed by atoms with Crippen LogP contribution in [0.5, 0.6) is 11.5 Å². The molecule has 0 spiro atoms. The lowest BCUT2D eigenvalue weighted by Crippen LogP contribution is -2.31. The molecule has 1 N–H and O–H groups in total. The minimum absolute atomic E-state index is 0.323. The summed E-state index contributed by atoms with van der Waals surface area (Å²) in [5.74, 6) is 2.41. The van der Waals surface area contributed by atoms with Crippen molar-refractivity contribution in [3.63, 3.8) is 0 Å². The van der Waals surface area contributed by atoms with E-state index in [1.807, 2.05) is 24.5 Å². The van der Waals surface area contributed by atoms with Crippen LogP contribution in [0.1, 0.15) is 38.2 Å². The largest absolute Gasteiger partial charge is 0.493 e. The molecule has 1 aliphatic rings. The van der Waals surface area contributed by atoms with Crippen LogP contribution in [0.4, 0.5) is 5.82 Å². The second kappa shape index (κ2) is 9.16. The summed E-state index contributed by atoms with van der Waals surface area (Å²) in [6, 6.07) is 8.20. The highest BCUT2D eigenvalue weighted by Gasteiger charge is 2.24. The fraction of sp³-hybridized carbons (Fsp3) is 0.476. The zero-order valence-electron chi connectivity index (χ0n) is 16.8. The summed E-state index contributed by atoms with van der Waals surface area (Å²) >= 11 is 1.46. The van der Waals surface area contributed by atoms with Gasteiger partial charge in [-0.2, -0.15) is 5.26 Å². The van der Waals surface area contributed by atoms with Gasteiger partial charge in [0.05, 0.1) is 19.9 Å². The van der Waals surface area contributed by atoms with Crippen LogP contribution in [0.3, 0.4) is 0 Å². The fourth-order valence-corrected chi connectivity index (χ4v) is 4.01. The zero-order chi connectivity index (χ0) is 20.1. The molecule has 28 heavy (non-hydrogen) atoms. The molecule has 1 fully saturated rings. The molecule has 1 aromatic heterocycles. The van der Waals surface area contributed by atoms with E-state index in [2.05, 4.69) is 28.3 Å². The number of benzene rings is 1. The van der Waals surface area contributed by atoms with Gasteiger partial charge in [-0.3, -0.25) is 0 Å². The van der Waals surface area contributed by atoms with Gasteiger partial charge in [-0.15, -0.1) is 0 Å². The van der Waals surface area contributed by atoms with Crippen molar-refractivity contribution >= 4 is 17.6 Å². The van der Waals surface area contributed by atoms with Gasteiger partial charge in [-0.1, -0.05) is 31.5 Å². The molecule has 0 radical (unpaired) electrons. The van der Waals surface area contributed by atoms with Crippen molar-refractivity contribution in [1.29, 1.82) is 5.26 Å². The first-order chi connectivity index (χ1) is 13.6. The number of nitrogens with one attached hydrogen (secondary N) is 1. The summed E-state index contributed by atoms with van der Waals surface area (Å²) in [5.41, 5.74) is 1.86. The number of rotatable bonds is 6. The lowest BCUT2D eigenvalue weighted by molar-refractivity contribution is 0.349. The van der Waals surface area contributed by atoms with Crippen molar-refractivity contribution in [2.75, 3.05) is 25.8 Å². The first kappa shape index (κ1) is 20.3. The molecule has 2 unspecified atom stereocenters. The maximum absolute atomic E-state index is 9.91. The Morgan fingerprint density at radius 3 is 2.54 bits per heavy atom. The van der Waals surface area contributed by atoms with E-state index in [1.165, 1.54) is 31.0 Å². The third kappa shape index (κ3) is 4.17. The lowest BCUT2D eigenvalue weighted by Gasteiger charge is -2.30. The van der Waals surface area contributed by atoms with Crippen LogP contribution >= 0.6 is 11.8 Å². The number of thioether (sulfide) groups is 1. The quantitative estimate of drug-likeness (QED) is 0.556. The number of hydrogen-bond acceptors (Lipinski definition) is 7. The number of nitrogens with zero attached hydrogens (tertiary/aromatic N) is 3. The summed E-state index contributed by atoms with van der Waals surface area (Å²) in [6.45, 7) is 2.26. The van der Waals surface area contributed by atoms with E-state index in [9.17, 15) is 5.26 Å². The molecule has 1 heterocycles. The summed E-state index contributed by atoms with van der Waals surface area (Å²) < 4.78 is 10.7. The van der Waals surface area contributed by atoms with Gasteiger partial charge in [0.15, 0.2) is 16.7 Å². The van der Waals surface area contributed by atoms with Crippen molar-refractivity contribution in [2.24, 2.45) is 5.92 Å². The maximum atomic E-state index is 9.91. The van der Waals surface area contributed by atoms with Crippen LogP contribution in [0.15, 0.2) is 23.4 Å². The third-order valence-corrected chi connectivity index (χ3v) is 5.82. The highest BCUT2D eigenvalue weighted by atomic mass is 32.2. The molecule has 1 aliphatic carbocycles. The minimum Gasteiger partial charge on any atom is -0.493 e. The highest BCUT2D eigenvalue weighted by molar-refractivity contribution is 7.98. The van der Waals surface area contributed by atoms with Crippen LogP contribution in [0.2, 0.25) is 0 Å². The Morgan fingerprint density at radius 1 is 1.14 bits per heavy atom. The number of anilines is 1. The SMILES string of the molecule is COc1ccc(-c2nc(SC)nc(NC3CCCCC3C)c2C#N)cc1OC. The summed E-state index contributed by atoms with van der Waals surface area (Å²) in [5, 5.41) is 14.1. The van der Waals surface area contributed by atoms with Gasteiger partial charge in [-0.25, -0.2) is 9.97 Å². The number of methoxy groups -OCH3 is 2. The second-order valence-electron chi connectivity index (χ2n) is 6.98.